The van der Waals surface area contributed by atoms with Crippen molar-refractivity contribution < 1.29 is 9.47 Å². The maximum Gasteiger partial charge on any atom is 0.179 e. The highest BCUT2D eigenvalue weighted by Gasteiger charge is 2.34. The Morgan fingerprint density at radius 2 is 2.14 bits per heavy atom. The van der Waals surface area contributed by atoms with Crippen LogP contribution in [-0.4, -0.2) is 52.7 Å². The number of likely N-dealkylation sites (tertiary alicyclic amines) is 1. The molecule has 4 heterocycles. The minimum Gasteiger partial charge on any atom is -0.491 e. The smallest absolute Gasteiger partial charge is 0.179 e. The first kappa shape index (κ1) is 18.2. The third kappa shape index (κ3) is 3.87. The van der Waals surface area contributed by atoms with Crippen LogP contribution in [0.15, 0.2) is 30.6 Å². The van der Waals surface area contributed by atoms with Crippen LogP contribution in [0.3, 0.4) is 0 Å². The average Bonchev–Trinajstić information content (AvgIpc) is 3.27. The van der Waals surface area contributed by atoms with Gasteiger partial charge in [0, 0.05) is 41.8 Å². The molecule has 1 saturated heterocycles. The highest BCUT2D eigenvalue weighted by atomic mass is 16.5. The van der Waals surface area contributed by atoms with Gasteiger partial charge in [-0.15, -0.1) is 0 Å². The van der Waals surface area contributed by atoms with Crippen molar-refractivity contribution in [2.75, 3.05) is 32.1 Å². The van der Waals surface area contributed by atoms with Crippen molar-refractivity contribution in [2.24, 2.45) is 5.92 Å². The molecule has 7 heteroatoms. The molecule has 3 aromatic heterocycles. The molecule has 0 aromatic carbocycles. The van der Waals surface area contributed by atoms with E-state index < -0.39 is 0 Å². The van der Waals surface area contributed by atoms with Crippen molar-refractivity contribution in [3.8, 4) is 11.5 Å². The maximum absolute atomic E-state index is 6.18. The molecule has 1 aliphatic heterocycles. The van der Waals surface area contributed by atoms with Crippen LogP contribution in [0.5, 0.6) is 11.5 Å². The normalized spacial score (nSPS) is 19.6. The minimum atomic E-state index is 0.572. The van der Waals surface area contributed by atoms with E-state index in [4.69, 9.17) is 9.47 Å². The van der Waals surface area contributed by atoms with Gasteiger partial charge in [0.15, 0.2) is 11.5 Å². The topological polar surface area (TPSA) is 75.3 Å². The Balaban J connectivity index is 1.31. The van der Waals surface area contributed by atoms with Gasteiger partial charge < -0.3 is 19.8 Å². The Bertz CT molecular complexity index is 1010. The second-order valence-corrected chi connectivity index (χ2v) is 8.09. The summed E-state index contributed by atoms with van der Waals surface area (Å²) >= 11 is 0. The Kier molecular flexibility index (Phi) is 4.75. The van der Waals surface area contributed by atoms with Crippen LogP contribution in [0.2, 0.25) is 0 Å². The fraction of sp³-hybridized carbons (Fsp3) is 0.455. The quantitative estimate of drug-likeness (QED) is 0.634. The molecular formula is C22H27N5O2. The predicted molar refractivity (Wildman–Crippen MR) is 113 cm³/mol. The summed E-state index contributed by atoms with van der Waals surface area (Å²) in [5, 5.41) is 4.37. The molecule has 29 heavy (non-hydrogen) atoms. The number of anilines is 2. The van der Waals surface area contributed by atoms with Gasteiger partial charge >= 0.3 is 0 Å². The molecule has 0 amide bonds. The summed E-state index contributed by atoms with van der Waals surface area (Å²) in [6.07, 6.45) is 7.55. The number of ether oxygens (including phenoxy) is 2. The fourth-order valence-electron chi connectivity index (χ4n) is 4.14. The highest BCUT2D eigenvalue weighted by molar-refractivity contribution is 5.91. The third-order valence-electron chi connectivity index (χ3n) is 5.83. The summed E-state index contributed by atoms with van der Waals surface area (Å²) in [6, 6.07) is 6.77. The number of pyridine rings is 2. The van der Waals surface area contributed by atoms with E-state index in [2.05, 4.69) is 25.2 Å². The van der Waals surface area contributed by atoms with E-state index in [0.29, 0.717) is 29.8 Å². The average molecular weight is 393 g/mol. The fourth-order valence-corrected chi connectivity index (χ4v) is 4.14. The van der Waals surface area contributed by atoms with Crippen LogP contribution in [0.4, 0.5) is 11.6 Å². The molecule has 3 aromatic rings. The van der Waals surface area contributed by atoms with Gasteiger partial charge in [0.05, 0.1) is 25.4 Å². The van der Waals surface area contributed by atoms with E-state index in [1.54, 1.807) is 13.3 Å². The second-order valence-electron chi connectivity index (χ2n) is 8.09. The van der Waals surface area contributed by atoms with Crippen molar-refractivity contribution in [2.45, 2.75) is 32.2 Å². The van der Waals surface area contributed by atoms with Gasteiger partial charge in [0.25, 0.3) is 0 Å². The lowest BCUT2D eigenvalue weighted by atomic mass is 10.1. The van der Waals surface area contributed by atoms with Crippen molar-refractivity contribution in [3.63, 3.8) is 0 Å². The molecule has 0 bridgehead atoms. The molecule has 1 unspecified atom stereocenters. The SMILES string of the molecule is COc1cnc(Nc2nc(C)cc3[nH]ccc23)cc1OCC1CCN(C2CC2)C1. The van der Waals surface area contributed by atoms with Crippen LogP contribution in [0.25, 0.3) is 10.9 Å². The molecule has 2 fully saturated rings. The summed E-state index contributed by atoms with van der Waals surface area (Å²) in [6.45, 7) is 5.02. The largest absolute Gasteiger partial charge is 0.491 e. The van der Waals surface area contributed by atoms with Crippen molar-refractivity contribution >= 4 is 22.5 Å². The molecule has 0 spiro atoms. The summed E-state index contributed by atoms with van der Waals surface area (Å²) in [5.74, 6) is 3.40. The molecule has 2 aliphatic rings. The van der Waals surface area contributed by atoms with E-state index in [1.807, 2.05) is 31.3 Å². The van der Waals surface area contributed by atoms with Crippen molar-refractivity contribution in [1.29, 1.82) is 0 Å². The monoisotopic (exact) mass is 393 g/mol. The first-order valence-electron chi connectivity index (χ1n) is 10.3. The maximum atomic E-state index is 6.18. The first-order chi connectivity index (χ1) is 14.2. The van der Waals surface area contributed by atoms with Gasteiger partial charge in [-0.25, -0.2) is 9.97 Å². The number of fused-ring (bicyclic) bond motifs is 1. The second kappa shape index (κ2) is 7.55. The molecule has 7 nitrogen and oxygen atoms in total. The molecule has 152 valence electrons. The molecule has 0 radical (unpaired) electrons. The lowest BCUT2D eigenvalue weighted by Crippen LogP contribution is -2.24. The summed E-state index contributed by atoms with van der Waals surface area (Å²) < 4.78 is 11.6. The van der Waals surface area contributed by atoms with Gasteiger partial charge in [-0.1, -0.05) is 0 Å². The number of hydrogen-bond donors (Lipinski definition) is 2. The lowest BCUT2D eigenvalue weighted by molar-refractivity contribution is 0.229. The highest BCUT2D eigenvalue weighted by Crippen LogP contribution is 2.34. The van der Waals surface area contributed by atoms with E-state index in [-0.39, 0.29) is 0 Å². The predicted octanol–water partition coefficient (Wildman–Crippen LogP) is 3.88. The van der Waals surface area contributed by atoms with Gasteiger partial charge in [0.1, 0.15) is 11.6 Å². The number of nitrogens with zero attached hydrogens (tertiary/aromatic N) is 3. The van der Waals surface area contributed by atoms with Crippen molar-refractivity contribution in [3.05, 3.63) is 36.3 Å². The van der Waals surface area contributed by atoms with Crippen LogP contribution < -0.4 is 14.8 Å². The van der Waals surface area contributed by atoms with Crippen LogP contribution >= 0.6 is 0 Å². The van der Waals surface area contributed by atoms with Crippen LogP contribution in [-0.2, 0) is 0 Å². The molecular weight excluding hydrogens is 366 g/mol. The van der Waals surface area contributed by atoms with E-state index >= 15 is 0 Å². The van der Waals surface area contributed by atoms with Crippen molar-refractivity contribution in [1.82, 2.24) is 19.9 Å². The standard InChI is InChI=1S/C22H27N5O2/c1-14-9-18-17(5-7-23-18)22(25-14)26-21-10-19(20(28-2)11-24-21)29-13-15-6-8-27(12-15)16-3-4-16/h5,7,9-11,15-16,23H,3-4,6,8,12-13H2,1-2H3,(H,24,25,26). The zero-order valence-electron chi connectivity index (χ0n) is 16.9. The number of aromatic nitrogens is 3. The minimum absolute atomic E-state index is 0.572. The lowest BCUT2D eigenvalue weighted by Gasteiger charge is -2.17. The number of rotatable bonds is 7. The number of nitrogens with one attached hydrogen (secondary N) is 2. The number of hydrogen-bond acceptors (Lipinski definition) is 6. The van der Waals surface area contributed by atoms with Crippen LogP contribution in [0, 0.1) is 12.8 Å². The van der Waals surface area contributed by atoms with E-state index in [9.17, 15) is 0 Å². The summed E-state index contributed by atoms with van der Waals surface area (Å²) in [4.78, 5) is 14.9. The van der Waals surface area contributed by atoms with Crippen LogP contribution in [0.1, 0.15) is 25.0 Å². The molecule has 1 atom stereocenters. The molecule has 1 saturated carbocycles. The van der Waals surface area contributed by atoms with Gasteiger partial charge in [0.2, 0.25) is 0 Å². The van der Waals surface area contributed by atoms with Gasteiger partial charge in [-0.05, 0) is 44.9 Å². The Morgan fingerprint density at radius 1 is 1.24 bits per heavy atom. The number of H-pyrrole nitrogens is 1. The summed E-state index contributed by atoms with van der Waals surface area (Å²) in [5.41, 5.74) is 1.99. The Labute approximate surface area is 170 Å². The third-order valence-corrected chi connectivity index (χ3v) is 5.83. The zero-order valence-corrected chi connectivity index (χ0v) is 16.9. The Hall–Kier alpha value is -2.80. The number of methoxy groups -OCH3 is 1. The number of aromatic amines is 1. The first-order valence-corrected chi connectivity index (χ1v) is 10.3. The number of aryl methyl sites for hydroxylation is 1. The summed E-state index contributed by atoms with van der Waals surface area (Å²) in [7, 11) is 1.65. The van der Waals surface area contributed by atoms with E-state index in [0.717, 1.165) is 35.0 Å². The zero-order chi connectivity index (χ0) is 19.8. The molecule has 1 aliphatic carbocycles. The molecule has 2 N–H and O–H groups in total. The van der Waals surface area contributed by atoms with Gasteiger partial charge in [-0.3, -0.25) is 4.90 Å². The van der Waals surface area contributed by atoms with Gasteiger partial charge in [-0.2, -0.15) is 0 Å². The Morgan fingerprint density at radius 3 is 2.97 bits per heavy atom. The van der Waals surface area contributed by atoms with E-state index in [1.165, 1.54) is 25.8 Å². The molecule has 5 rings (SSSR count).